The second kappa shape index (κ2) is 13.9. The Balaban J connectivity index is 0.00000841. The molecule has 8 nitrogen and oxygen atoms in total. The molecule has 0 spiro atoms. The van der Waals surface area contributed by atoms with E-state index in [0.29, 0.717) is 12.5 Å². The van der Waals surface area contributed by atoms with Gasteiger partial charge in [0.05, 0.1) is 0 Å². The van der Waals surface area contributed by atoms with Gasteiger partial charge in [0, 0.05) is 39.3 Å². The Labute approximate surface area is 199 Å². The average molecular weight is 540 g/mol. The Bertz CT molecular complexity index is 557. The van der Waals surface area contributed by atoms with Gasteiger partial charge in [-0.25, -0.2) is 9.79 Å². The van der Waals surface area contributed by atoms with Gasteiger partial charge >= 0.3 is 6.09 Å². The number of rotatable bonds is 8. The fourth-order valence-corrected chi connectivity index (χ4v) is 3.15. The molecule has 0 aliphatic carbocycles. The number of ether oxygens (including phenoxy) is 1. The molecular weight excluding hydrogens is 497 g/mol. The van der Waals surface area contributed by atoms with Crippen LogP contribution in [0.4, 0.5) is 4.79 Å². The largest absolute Gasteiger partial charge is 0.444 e. The molecular formula is C21H42IN5O3. The van der Waals surface area contributed by atoms with Crippen LogP contribution in [0.25, 0.3) is 0 Å². The standard InChI is InChI=1S/C21H41N5O3.HI/c1-8-22-19(23-15-18(27)26-12-9-10-13-26)25(7)14-11-17(16(2)3)24-20(28)29-21(4,5)6;/h16-17H,8-15H2,1-7H3,(H,22,23)(H,24,28);1H. The molecule has 176 valence electrons. The first kappa shape index (κ1) is 28.7. The molecule has 1 aliphatic rings. The number of hydrogen-bond donors (Lipinski definition) is 2. The number of nitrogens with zero attached hydrogens (tertiary/aromatic N) is 3. The van der Waals surface area contributed by atoms with Crippen molar-refractivity contribution in [2.24, 2.45) is 10.9 Å². The molecule has 9 heteroatoms. The topological polar surface area (TPSA) is 86.3 Å². The van der Waals surface area contributed by atoms with Crippen LogP contribution in [0.1, 0.15) is 60.8 Å². The first-order chi connectivity index (χ1) is 13.5. The number of amides is 2. The molecule has 2 amide bonds. The van der Waals surface area contributed by atoms with Gasteiger partial charge in [0.15, 0.2) is 5.96 Å². The summed E-state index contributed by atoms with van der Waals surface area (Å²) >= 11 is 0. The van der Waals surface area contributed by atoms with E-state index in [4.69, 9.17) is 4.74 Å². The lowest BCUT2D eigenvalue weighted by Crippen LogP contribution is -2.45. The van der Waals surface area contributed by atoms with Crippen molar-refractivity contribution in [1.29, 1.82) is 0 Å². The SMILES string of the molecule is CCNC(=NCC(=O)N1CCCC1)N(C)CCC(NC(=O)OC(C)(C)C)C(C)C.I. The summed E-state index contributed by atoms with van der Waals surface area (Å²) in [7, 11) is 1.95. The van der Waals surface area contributed by atoms with E-state index in [9.17, 15) is 9.59 Å². The van der Waals surface area contributed by atoms with Gasteiger partial charge in [-0.2, -0.15) is 0 Å². The predicted molar refractivity (Wildman–Crippen MR) is 132 cm³/mol. The van der Waals surface area contributed by atoms with E-state index in [1.54, 1.807) is 0 Å². The van der Waals surface area contributed by atoms with Gasteiger partial charge in [-0.05, 0) is 52.9 Å². The number of carbonyl (C=O) groups excluding carboxylic acids is 2. The third-order valence-corrected chi connectivity index (χ3v) is 4.80. The molecule has 0 saturated carbocycles. The van der Waals surface area contributed by atoms with Crippen LogP contribution in [0, 0.1) is 5.92 Å². The van der Waals surface area contributed by atoms with Crippen LogP contribution in [0.3, 0.4) is 0 Å². The highest BCUT2D eigenvalue weighted by atomic mass is 127. The van der Waals surface area contributed by atoms with Gasteiger partial charge in [0.1, 0.15) is 12.1 Å². The Morgan fingerprint density at radius 1 is 1.20 bits per heavy atom. The summed E-state index contributed by atoms with van der Waals surface area (Å²) in [4.78, 5) is 32.8. The zero-order valence-corrected chi connectivity index (χ0v) is 22.1. The molecule has 30 heavy (non-hydrogen) atoms. The second-order valence-electron chi connectivity index (χ2n) is 8.97. The Hall–Kier alpha value is -1.26. The Kier molecular flexibility index (Phi) is 13.3. The van der Waals surface area contributed by atoms with Gasteiger partial charge in [-0.1, -0.05) is 13.8 Å². The molecule has 0 bridgehead atoms. The molecule has 1 saturated heterocycles. The molecule has 1 atom stereocenters. The van der Waals surface area contributed by atoms with Gasteiger partial charge in [0.25, 0.3) is 0 Å². The molecule has 1 fully saturated rings. The zero-order valence-electron chi connectivity index (χ0n) is 19.8. The van der Waals surface area contributed by atoms with Gasteiger partial charge < -0.3 is 25.2 Å². The molecule has 1 heterocycles. The maximum Gasteiger partial charge on any atom is 0.407 e. The van der Waals surface area contributed by atoms with Crippen molar-refractivity contribution in [3.8, 4) is 0 Å². The number of likely N-dealkylation sites (tertiary alicyclic amines) is 1. The van der Waals surface area contributed by atoms with Crippen molar-refractivity contribution in [3.05, 3.63) is 0 Å². The summed E-state index contributed by atoms with van der Waals surface area (Å²) in [5.41, 5.74) is -0.519. The van der Waals surface area contributed by atoms with E-state index in [1.807, 2.05) is 44.5 Å². The second-order valence-corrected chi connectivity index (χ2v) is 8.97. The van der Waals surface area contributed by atoms with E-state index in [1.165, 1.54) is 0 Å². The highest BCUT2D eigenvalue weighted by molar-refractivity contribution is 14.0. The van der Waals surface area contributed by atoms with Crippen molar-refractivity contribution in [2.75, 3.05) is 39.8 Å². The fraction of sp³-hybridized carbons (Fsp3) is 0.857. The van der Waals surface area contributed by atoms with Gasteiger partial charge in [-0.3, -0.25) is 4.79 Å². The smallest absolute Gasteiger partial charge is 0.407 e. The normalized spacial score (nSPS) is 15.5. The molecule has 1 rings (SSSR count). The van der Waals surface area contributed by atoms with E-state index in [2.05, 4.69) is 29.5 Å². The molecule has 1 aliphatic heterocycles. The summed E-state index contributed by atoms with van der Waals surface area (Å²) in [6.45, 7) is 15.0. The predicted octanol–water partition coefficient (Wildman–Crippen LogP) is 3.06. The number of guanidine groups is 1. The highest BCUT2D eigenvalue weighted by Crippen LogP contribution is 2.11. The first-order valence-electron chi connectivity index (χ1n) is 10.8. The lowest BCUT2D eigenvalue weighted by Gasteiger charge is -2.28. The van der Waals surface area contributed by atoms with Gasteiger partial charge in [0.2, 0.25) is 5.91 Å². The molecule has 1 unspecified atom stereocenters. The average Bonchev–Trinajstić information content (AvgIpc) is 3.14. The summed E-state index contributed by atoms with van der Waals surface area (Å²) in [5.74, 6) is 1.06. The first-order valence-corrected chi connectivity index (χ1v) is 10.8. The maximum atomic E-state index is 12.3. The van der Waals surface area contributed by atoms with Crippen LogP contribution in [-0.4, -0.2) is 79.2 Å². The summed E-state index contributed by atoms with van der Waals surface area (Å²) in [6, 6.07) is -0.0126. The van der Waals surface area contributed by atoms with Crippen LogP contribution in [-0.2, 0) is 9.53 Å². The lowest BCUT2D eigenvalue weighted by atomic mass is 10.0. The number of hydrogen-bond acceptors (Lipinski definition) is 4. The van der Waals surface area contributed by atoms with Crippen molar-refractivity contribution in [2.45, 2.75) is 72.4 Å². The van der Waals surface area contributed by atoms with E-state index < -0.39 is 11.7 Å². The monoisotopic (exact) mass is 539 g/mol. The Morgan fingerprint density at radius 3 is 2.30 bits per heavy atom. The fourth-order valence-electron chi connectivity index (χ4n) is 3.15. The third-order valence-electron chi connectivity index (χ3n) is 4.80. The van der Waals surface area contributed by atoms with E-state index in [0.717, 1.165) is 38.9 Å². The summed E-state index contributed by atoms with van der Waals surface area (Å²) in [5, 5.41) is 6.22. The lowest BCUT2D eigenvalue weighted by molar-refractivity contribution is -0.128. The van der Waals surface area contributed by atoms with Crippen LogP contribution >= 0.6 is 24.0 Å². The minimum atomic E-state index is -0.519. The van der Waals surface area contributed by atoms with Gasteiger partial charge in [-0.15, -0.1) is 24.0 Å². The number of alkyl carbamates (subject to hydrolysis) is 1. The number of nitrogens with one attached hydrogen (secondary N) is 2. The van der Waals surface area contributed by atoms with Crippen LogP contribution in [0.2, 0.25) is 0 Å². The summed E-state index contributed by atoms with van der Waals surface area (Å²) in [6.07, 6.45) is 2.52. The molecule has 2 N–H and O–H groups in total. The Morgan fingerprint density at radius 2 is 1.80 bits per heavy atom. The quantitative estimate of drug-likeness (QED) is 0.282. The molecule has 0 radical (unpaired) electrons. The highest BCUT2D eigenvalue weighted by Gasteiger charge is 2.22. The zero-order chi connectivity index (χ0) is 22.0. The maximum absolute atomic E-state index is 12.3. The number of halogens is 1. The van der Waals surface area contributed by atoms with Crippen molar-refractivity contribution in [3.63, 3.8) is 0 Å². The molecule has 0 aromatic carbocycles. The van der Waals surface area contributed by atoms with Crippen LogP contribution in [0.5, 0.6) is 0 Å². The minimum Gasteiger partial charge on any atom is -0.444 e. The van der Waals surface area contributed by atoms with Crippen LogP contribution in [0.15, 0.2) is 4.99 Å². The van der Waals surface area contributed by atoms with E-state index >= 15 is 0 Å². The van der Waals surface area contributed by atoms with Crippen molar-refractivity contribution < 1.29 is 14.3 Å². The van der Waals surface area contributed by atoms with Crippen molar-refractivity contribution >= 4 is 41.9 Å². The van der Waals surface area contributed by atoms with Crippen LogP contribution < -0.4 is 10.6 Å². The molecule has 0 aromatic heterocycles. The molecule has 0 aromatic rings. The minimum absolute atomic E-state index is 0. The number of aliphatic imine (C=N–C) groups is 1. The van der Waals surface area contributed by atoms with E-state index in [-0.39, 0.29) is 48.4 Å². The summed E-state index contributed by atoms with van der Waals surface area (Å²) < 4.78 is 5.38. The number of carbonyl (C=O) groups is 2. The van der Waals surface area contributed by atoms with Crippen molar-refractivity contribution in [1.82, 2.24) is 20.4 Å². The third kappa shape index (κ3) is 11.2.